The minimum atomic E-state index is -0.260. The van der Waals surface area contributed by atoms with Gasteiger partial charge in [0.1, 0.15) is 0 Å². The van der Waals surface area contributed by atoms with Gasteiger partial charge in [-0.25, -0.2) is 0 Å². The first-order valence-electron chi connectivity index (χ1n) is 6.79. The fourth-order valence-electron chi connectivity index (χ4n) is 2.57. The van der Waals surface area contributed by atoms with Gasteiger partial charge in [0, 0.05) is 13.1 Å². The summed E-state index contributed by atoms with van der Waals surface area (Å²) in [7, 11) is 0. The Labute approximate surface area is 99.3 Å². The van der Waals surface area contributed by atoms with Crippen LogP contribution in [0.2, 0.25) is 0 Å². The van der Waals surface area contributed by atoms with E-state index in [0.29, 0.717) is 13.1 Å². The quantitative estimate of drug-likeness (QED) is 0.593. The van der Waals surface area contributed by atoms with Crippen LogP contribution in [0.25, 0.3) is 0 Å². The van der Waals surface area contributed by atoms with E-state index in [-0.39, 0.29) is 12.2 Å². The molecule has 1 aliphatic rings. The SMILES string of the molecule is CCCC(O)CNCC(O)CC1CCCC1. The zero-order valence-corrected chi connectivity index (χ0v) is 10.5. The van der Waals surface area contributed by atoms with Crippen molar-refractivity contribution in [3.63, 3.8) is 0 Å². The van der Waals surface area contributed by atoms with Crippen LogP contribution in [0, 0.1) is 5.92 Å². The average molecular weight is 229 g/mol. The Morgan fingerprint density at radius 1 is 1.12 bits per heavy atom. The fourth-order valence-corrected chi connectivity index (χ4v) is 2.57. The molecule has 2 unspecified atom stereocenters. The maximum atomic E-state index is 9.81. The van der Waals surface area contributed by atoms with Crippen LogP contribution in [0.1, 0.15) is 51.9 Å². The molecule has 0 aromatic heterocycles. The fraction of sp³-hybridized carbons (Fsp3) is 1.00. The molecule has 3 heteroatoms. The first-order valence-corrected chi connectivity index (χ1v) is 6.79. The average Bonchev–Trinajstić information content (AvgIpc) is 2.70. The predicted molar refractivity (Wildman–Crippen MR) is 66.4 cm³/mol. The lowest BCUT2D eigenvalue weighted by Gasteiger charge is -2.17. The molecule has 1 fully saturated rings. The molecule has 0 aromatic rings. The predicted octanol–water partition coefficient (Wildman–Crippen LogP) is 1.68. The van der Waals surface area contributed by atoms with E-state index in [1.165, 1.54) is 25.7 Å². The third-order valence-electron chi connectivity index (χ3n) is 3.46. The lowest BCUT2D eigenvalue weighted by atomic mass is 10.00. The number of aliphatic hydroxyl groups is 2. The highest BCUT2D eigenvalue weighted by atomic mass is 16.3. The molecule has 1 saturated carbocycles. The zero-order chi connectivity index (χ0) is 11.8. The molecule has 16 heavy (non-hydrogen) atoms. The van der Waals surface area contributed by atoms with Crippen LogP contribution in [-0.2, 0) is 0 Å². The van der Waals surface area contributed by atoms with Gasteiger partial charge in [-0.3, -0.25) is 0 Å². The van der Waals surface area contributed by atoms with Crippen molar-refractivity contribution in [1.29, 1.82) is 0 Å². The van der Waals surface area contributed by atoms with E-state index in [4.69, 9.17) is 0 Å². The van der Waals surface area contributed by atoms with Crippen molar-refractivity contribution in [1.82, 2.24) is 5.32 Å². The van der Waals surface area contributed by atoms with Crippen LogP contribution in [-0.4, -0.2) is 35.5 Å². The van der Waals surface area contributed by atoms with Crippen LogP contribution in [0.5, 0.6) is 0 Å². The van der Waals surface area contributed by atoms with Crippen LogP contribution in [0.15, 0.2) is 0 Å². The third-order valence-corrected chi connectivity index (χ3v) is 3.46. The smallest absolute Gasteiger partial charge is 0.0667 e. The lowest BCUT2D eigenvalue weighted by Crippen LogP contribution is -2.33. The van der Waals surface area contributed by atoms with E-state index in [9.17, 15) is 10.2 Å². The highest BCUT2D eigenvalue weighted by Crippen LogP contribution is 2.28. The summed E-state index contributed by atoms with van der Waals surface area (Å²) in [6.07, 6.45) is 7.52. The third kappa shape index (κ3) is 5.83. The molecule has 0 bridgehead atoms. The van der Waals surface area contributed by atoms with Gasteiger partial charge in [0.25, 0.3) is 0 Å². The van der Waals surface area contributed by atoms with E-state index in [0.717, 1.165) is 25.2 Å². The summed E-state index contributed by atoms with van der Waals surface area (Å²) in [5.41, 5.74) is 0. The minimum absolute atomic E-state index is 0.239. The Hall–Kier alpha value is -0.120. The molecule has 0 aliphatic heterocycles. The topological polar surface area (TPSA) is 52.5 Å². The second-order valence-corrected chi connectivity index (χ2v) is 5.14. The molecule has 1 aliphatic carbocycles. The molecule has 96 valence electrons. The van der Waals surface area contributed by atoms with Crippen LogP contribution in [0.3, 0.4) is 0 Å². The summed E-state index contributed by atoms with van der Waals surface area (Å²) in [4.78, 5) is 0. The maximum Gasteiger partial charge on any atom is 0.0667 e. The molecular weight excluding hydrogens is 202 g/mol. The normalized spacial score (nSPS) is 21.2. The molecule has 0 spiro atoms. The summed E-state index contributed by atoms with van der Waals surface area (Å²) in [6.45, 7) is 3.30. The van der Waals surface area contributed by atoms with Crippen molar-refractivity contribution < 1.29 is 10.2 Å². The van der Waals surface area contributed by atoms with Crippen molar-refractivity contribution in [2.45, 2.75) is 64.1 Å². The van der Waals surface area contributed by atoms with Crippen molar-refractivity contribution in [3.8, 4) is 0 Å². The van der Waals surface area contributed by atoms with Crippen molar-refractivity contribution in [2.75, 3.05) is 13.1 Å². The second kappa shape index (κ2) is 8.04. The molecule has 2 atom stereocenters. The number of aliphatic hydroxyl groups excluding tert-OH is 2. The summed E-state index contributed by atoms with van der Waals surface area (Å²) in [5, 5.41) is 22.5. The van der Waals surface area contributed by atoms with E-state index < -0.39 is 0 Å². The molecule has 0 amide bonds. The van der Waals surface area contributed by atoms with Crippen LogP contribution < -0.4 is 5.32 Å². The van der Waals surface area contributed by atoms with E-state index in [2.05, 4.69) is 12.2 Å². The Bertz CT molecular complexity index is 169. The number of hydrogen-bond donors (Lipinski definition) is 3. The number of nitrogens with one attached hydrogen (secondary N) is 1. The summed E-state index contributed by atoms with van der Waals surface area (Å²) in [6, 6.07) is 0. The zero-order valence-electron chi connectivity index (χ0n) is 10.5. The van der Waals surface area contributed by atoms with Gasteiger partial charge in [0.2, 0.25) is 0 Å². The van der Waals surface area contributed by atoms with E-state index >= 15 is 0 Å². The first-order chi connectivity index (χ1) is 7.72. The molecule has 1 rings (SSSR count). The van der Waals surface area contributed by atoms with Crippen LogP contribution >= 0.6 is 0 Å². The van der Waals surface area contributed by atoms with Crippen LogP contribution in [0.4, 0.5) is 0 Å². The van der Waals surface area contributed by atoms with Gasteiger partial charge in [-0.15, -0.1) is 0 Å². The van der Waals surface area contributed by atoms with Gasteiger partial charge in [-0.05, 0) is 18.8 Å². The van der Waals surface area contributed by atoms with Gasteiger partial charge in [0.15, 0.2) is 0 Å². The van der Waals surface area contributed by atoms with Crippen molar-refractivity contribution in [2.24, 2.45) is 5.92 Å². The van der Waals surface area contributed by atoms with E-state index in [1.807, 2.05) is 0 Å². The van der Waals surface area contributed by atoms with Gasteiger partial charge in [-0.1, -0.05) is 39.0 Å². The van der Waals surface area contributed by atoms with Crippen molar-refractivity contribution >= 4 is 0 Å². The molecule has 0 radical (unpaired) electrons. The molecular formula is C13H27NO2. The van der Waals surface area contributed by atoms with Crippen molar-refractivity contribution in [3.05, 3.63) is 0 Å². The molecule has 3 nitrogen and oxygen atoms in total. The van der Waals surface area contributed by atoms with E-state index in [1.54, 1.807) is 0 Å². The van der Waals surface area contributed by atoms with Gasteiger partial charge >= 0.3 is 0 Å². The Morgan fingerprint density at radius 3 is 2.38 bits per heavy atom. The van der Waals surface area contributed by atoms with Gasteiger partial charge in [0.05, 0.1) is 12.2 Å². The Balaban J connectivity index is 1.98. The number of rotatable bonds is 8. The second-order valence-electron chi connectivity index (χ2n) is 5.14. The highest BCUT2D eigenvalue weighted by Gasteiger charge is 2.18. The largest absolute Gasteiger partial charge is 0.392 e. The lowest BCUT2D eigenvalue weighted by molar-refractivity contribution is 0.124. The maximum absolute atomic E-state index is 9.81. The standard InChI is InChI=1S/C13H27NO2/c1-2-5-12(15)9-14-10-13(16)8-11-6-3-4-7-11/h11-16H,2-10H2,1H3. The Morgan fingerprint density at radius 2 is 1.75 bits per heavy atom. The summed E-state index contributed by atoms with van der Waals surface area (Å²) < 4.78 is 0. The van der Waals surface area contributed by atoms with Gasteiger partial charge in [-0.2, -0.15) is 0 Å². The summed E-state index contributed by atoms with van der Waals surface area (Å²) >= 11 is 0. The first kappa shape index (κ1) is 13.9. The number of hydrogen-bond acceptors (Lipinski definition) is 3. The highest BCUT2D eigenvalue weighted by molar-refractivity contribution is 4.72. The molecule has 3 N–H and O–H groups in total. The monoisotopic (exact) mass is 229 g/mol. The molecule has 0 aromatic carbocycles. The summed E-state index contributed by atoms with van der Waals surface area (Å²) in [5.74, 6) is 0.734. The Kier molecular flexibility index (Phi) is 7.01. The van der Waals surface area contributed by atoms with Gasteiger partial charge < -0.3 is 15.5 Å². The minimum Gasteiger partial charge on any atom is -0.392 e. The molecule has 0 saturated heterocycles. The molecule has 0 heterocycles.